The monoisotopic (exact) mass is 508 g/mol. The first-order chi connectivity index (χ1) is 17.5. The van der Waals surface area contributed by atoms with E-state index in [0.29, 0.717) is 53.3 Å². The first-order valence-electron chi connectivity index (χ1n) is 11.8. The van der Waals surface area contributed by atoms with Gasteiger partial charge in [0.2, 0.25) is 0 Å². The van der Waals surface area contributed by atoms with Gasteiger partial charge in [-0.15, -0.1) is 11.3 Å². The Morgan fingerprint density at radius 2 is 1.75 bits per heavy atom. The maximum atomic E-state index is 13.3. The number of aliphatic hydroxyl groups excluding tert-OH is 1. The van der Waals surface area contributed by atoms with Gasteiger partial charge in [0.15, 0.2) is 16.6 Å². The molecule has 9 heteroatoms. The van der Waals surface area contributed by atoms with Crippen LogP contribution >= 0.6 is 11.3 Å². The highest BCUT2D eigenvalue weighted by molar-refractivity contribution is 7.14. The van der Waals surface area contributed by atoms with Crippen molar-refractivity contribution in [2.24, 2.45) is 0 Å². The van der Waals surface area contributed by atoms with E-state index in [-0.39, 0.29) is 11.3 Å². The minimum atomic E-state index is -0.901. The number of ether oxygens (including phenoxy) is 3. The van der Waals surface area contributed by atoms with Crippen LogP contribution in [0.5, 0.6) is 17.2 Å². The maximum absolute atomic E-state index is 13.3. The number of Topliss-reactive ketones (excluding diaryl/α,β-unsaturated/α-hetero) is 1. The van der Waals surface area contributed by atoms with Gasteiger partial charge in [0.1, 0.15) is 11.5 Å². The van der Waals surface area contributed by atoms with E-state index < -0.39 is 17.7 Å². The molecular formula is C27H28N2O6S. The molecule has 3 aromatic rings. The Morgan fingerprint density at radius 3 is 2.39 bits per heavy atom. The topological polar surface area (TPSA) is 98.2 Å². The largest absolute Gasteiger partial charge is 0.507 e. The lowest BCUT2D eigenvalue weighted by Gasteiger charge is -2.24. The van der Waals surface area contributed by atoms with Crippen LogP contribution in [0.15, 0.2) is 59.6 Å². The van der Waals surface area contributed by atoms with Gasteiger partial charge in [-0.1, -0.05) is 13.0 Å². The van der Waals surface area contributed by atoms with Crippen molar-refractivity contribution in [3.8, 4) is 17.2 Å². The molecule has 188 valence electrons. The summed E-state index contributed by atoms with van der Waals surface area (Å²) in [5.41, 5.74) is 0.960. The Labute approximate surface area is 213 Å². The van der Waals surface area contributed by atoms with E-state index in [9.17, 15) is 14.7 Å². The second-order valence-corrected chi connectivity index (χ2v) is 8.80. The number of hydrogen-bond donors (Lipinski definition) is 1. The molecule has 1 saturated heterocycles. The molecule has 0 spiro atoms. The number of ketones is 1. The van der Waals surface area contributed by atoms with Crippen LogP contribution in [0.1, 0.15) is 44.4 Å². The van der Waals surface area contributed by atoms with Gasteiger partial charge in [-0.2, -0.15) is 0 Å². The number of anilines is 1. The minimum absolute atomic E-state index is 0.0240. The molecule has 0 saturated carbocycles. The second-order valence-electron chi connectivity index (χ2n) is 7.93. The summed E-state index contributed by atoms with van der Waals surface area (Å²) in [5, 5.41) is 13.4. The average molecular weight is 509 g/mol. The van der Waals surface area contributed by atoms with E-state index in [1.165, 1.54) is 16.2 Å². The van der Waals surface area contributed by atoms with Crippen molar-refractivity contribution in [3.63, 3.8) is 0 Å². The van der Waals surface area contributed by atoms with Crippen LogP contribution in [-0.4, -0.2) is 41.6 Å². The maximum Gasteiger partial charge on any atom is 0.301 e. The van der Waals surface area contributed by atoms with E-state index in [4.69, 9.17) is 14.2 Å². The zero-order valence-corrected chi connectivity index (χ0v) is 21.2. The van der Waals surface area contributed by atoms with Gasteiger partial charge >= 0.3 is 5.91 Å². The SMILES string of the molecule is CCCOc1ccc(C2/C(=C(\O)c3ccc(OCC)cc3)C(=O)C(=O)N2c2nccs2)cc1OCC. The molecule has 0 radical (unpaired) electrons. The fourth-order valence-corrected chi connectivity index (χ4v) is 4.67. The highest BCUT2D eigenvalue weighted by Gasteiger charge is 2.48. The highest BCUT2D eigenvalue weighted by Crippen LogP contribution is 2.44. The number of carbonyl (C=O) groups is 2. The van der Waals surface area contributed by atoms with Gasteiger partial charge in [0.25, 0.3) is 5.78 Å². The molecule has 2 aromatic carbocycles. The van der Waals surface area contributed by atoms with E-state index in [2.05, 4.69) is 4.98 Å². The Balaban J connectivity index is 1.86. The molecule has 1 unspecified atom stereocenters. The van der Waals surface area contributed by atoms with Gasteiger partial charge in [0.05, 0.1) is 31.4 Å². The van der Waals surface area contributed by atoms with Crippen molar-refractivity contribution < 1.29 is 28.9 Å². The number of hydrogen-bond acceptors (Lipinski definition) is 8. The summed E-state index contributed by atoms with van der Waals surface area (Å²) in [7, 11) is 0. The molecule has 1 aromatic heterocycles. The number of benzene rings is 2. The lowest BCUT2D eigenvalue weighted by molar-refractivity contribution is -0.132. The average Bonchev–Trinajstić information content (AvgIpc) is 3.50. The highest BCUT2D eigenvalue weighted by atomic mass is 32.1. The summed E-state index contributed by atoms with van der Waals surface area (Å²) in [6.07, 6.45) is 2.40. The number of rotatable bonds is 10. The van der Waals surface area contributed by atoms with Crippen LogP contribution in [0.3, 0.4) is 0 Å². The molecule has 1 amide bonds. The molecule has 36 heavy (non-hydrogen) atoms. The number of carbonyl (C=O) groups excluding carboxylic acids is 2. The molecule has 8 nitrogen and oxygen atoms in total. The number of amides is 1. The third-order valence-corrected chi connectivity index (χ3v) is 6.32. The first kappa shape index (κ1) is 25.2. The van der Waals surface area contributed by atoms with E-state index in [1.807, 2.05) is 20.8 Å². The van der Waals surface area contributed by atoms with Crippen LogP contribution in [-0.2, 0) is 9.59 Å². The van der Waals surface area contributed by atoms with Gasteiger partial charge < -0.3 is 19.3 Å². The molecule has 1 N–H and O–H groups in total. The fourth-order valence-electron chi connectivity index (χ4n) is 4.01. The van der Waals surface area contributed by atoms with Gasteiger partial charge in [-0.05, 0) is 62.2 Å². The standard InChI is InChI=1S/C27H28N2O6S/c1-4-14-35-20-12-9-18(16-21(20)34-6-3)23-22(24(30)17-7-10-19(11-8-17)33-5-2)25(31)26(32)29(23)27-28-13-15-36-27/h7-13,15-16,23,30H,4-6,14H2,1-3H3/b24-22+. The van der Waals surface area contributed by atoms with Crippen molar-refractivity contribution in [1.29, 1.82) is 0 Å². The lowest BCUT2D eigenvalue weighted by Crippen LogP contribution is -2.29. The third kappa shape index (κ3) is 4.92. The predicted octanol–water partition coefficient (Wildman–Crippen LogP) is 5.36. The Kier molecular flexibility index (Phi) is 7.90. The number of aliphatic hydroxyl groups is 1. The lowest BCUT2D eigenvalue weighted by atomic mass is 9.95. The molecular weight excluding hydrogens is 480 g/mol. The number of thiazole rings is 1. The zero-order chi connectivity index (χ0) is 25.7. The quantitative estimate of drug-likeness (QED) is 0.224. The molecule has 4 rings (SSSR count). The van der Waals surface area contributed by atoms with Gasteiger partial charge in [-0.25, -0.2) is 4.98 Å². The first-order valence-corrected chi connectivity index (χ1v) is 12.7. The fraction of sp³-hybridized carbons (Fsp3) is 0.296. The van der Waals surface area contributed by atoms with Crippen molar-refractivity contribution in [1.82, 2.24) is 4.98 Å². The third-order valence-electron chi connectivity index (χ3n) is 5.55. The van der Waals surface area contributed by atoms with Crippen molar-refractivity contribution >= 4 is 33.9 Å². The van der Waals surface area contributed by atoms with Crippen LogP contribution in [0.2, 0.25) is 0 Å². The summed E-state index contributed by atoms with van der Waals surface area (Å²) in [6.45, 7) is 7.19. The molecule has 1 aliphatic rings. The van der Waals surface area contributed by atoms with Crippen LogP contribution in [0, 0.1) is 0 Å². The van der Waals surface area contributed by atoms with Crippen molar-refractivity contribution in [3.05, 3.63) is 70.7 Å². The van der Waals surface area contributed by atoms with Crippen LogP contribution in [0.4, 0.5) is 5.13 Å². The summed E-state index contributed by atoms with van der Waals surface area (Å²) in [4.78, 5) is 32.1. The normalized spacial score (nSPS) is 16.9. The molecule has 1 atom stereocenters. The minimum Gasteiger partial charge on any atom is -0.507 e. The Bertz CT molecular complexity index is 1250. The molecule has 0 bridgehead atoms. The van der Waals surface area contributed by atoms with Crippen LogP contribution in [0.25, 0.3) is 5.76 Å². The van der Waals surface area contributed by atoms with E-state index in [0.717, 1.165) is 6.42 Å². The molecule has 1 aliphatic heterocycles. The van der Waals surface area contributed by atoms with E-state index >= 15 is 0 Å². The summed E-state index contributed by atoms with van der Waals surface area (Å²) in [6, 6.07) is 11.1. The summed E-state index contributed by atoms with van der Waals surface area (Å²) >= 11 is 1.24. The zero-order valence-electron chi connectivity index (χ0n) is 20.4. The Morgan fingerprint density at radius 1 is 1.00 bits per heavy atom. The number of aromatic nitrogens is 1. The Hall–Kier alpha value is -3.85. The smallest absolute Gasteiger partial charge is 0.301 e. The summed E-state index contributed by atoms with van der Waals surface area (Å²) < 4.78 is 17.1. The predicted molar refractivity (Wildman–Crippen MR) is 138 cm³/mol. The molecule has 2 heterocycles. The van der Waals surface area contributed by atoms with E-state index in [1.54, 1.807) is 54.0 Å². The molecule has 0 aliphatic carbocycles. The summed E-state index contributed by atoms with van der Waals surface area (Å²) in [5.74, 6) is -0.116. The van der Waals surface area contributed by atoms with Crippen molar-refractivity contribution in [2.45, 2.75) is 33.2 Å². The molecule has 1 fully saturated rings. The van der Waals surface area contributed by atoms with Gasteiger partial charge in [0, 0.05) is 17.1 Å². The second kappa shape index (κ2) is 11.3. The number of nitrogens with zero attached hydrogens (tertiary/aromatic N) is 2. The van der Waals surface area contributed by atoms with Crippen LogP contribution < -0.4 is 19.1 Å². The van der Waals surface area contributed by atoms with Gasteiger partial charge in [-0.3, -0.25) is 14.5 Å². The van der Waals surface area contributed by atoms with Crippen molar-refractivity contribution in [2.75, 3.05) is 24.7 Å².